The lowest BCUT2D eigenvalue weighted by atomic mass is 10.1. The van der Waals surface area contributed by atoms with Crippen LogP contribution in [-0.2, 0) is 4.79 Å². The summed E-state index contributed by atoms with van der Waals surface area (Å²) in [6, 6.07) is 8.98. The van der Waals surface area contributed by atoms with Crippen molar-refractivity contribution in [3.8, 4) is 5.75 Å². The number of anilines is 2. The Hall–Kier alpha value is -1.77. The highest BCUT2D eigenvalue weighted by atomic mass is 79.9. The Kier molecular flexibility index (Phi) is 8.47. The number of nitrogens with zero attached hydrogens (tertiary/aromatic N) is 2. The largest absolute Gasteiger partial charge is 0.495 e. The highest BCUT2D eigenvalue weighted by molar-refractivity contribution is 9.11. The van der Waals surface area contributed by atoms with Crippen molar-refractivity contribution in [3.05, 3.63) is 49.9 Å². The van der Waals surface area contributed by atoms with Gasteiger partial charge >= 0.3 is 0 Å². The summed E-state index contributed by atoms with van der Waals surface area (Å²) in [5, 5.41) is 3.51. The Labute approximate surface area is 210 Å². The van der Waals surface area contributed by atoms with Crippen molar-refractivity contribution in [3.63, 3.8) is 0 Å². The number of hydrogen-bond donors (Lipinski definition) is 1. The zero-order chi connectivity index (χ0) is 23.4. The van der Waals surface area contributed by atoms with Gasteiger partial charge < -0.3 is 19.9 Å². The van der Waals surface area contributed by atoms with Crippen molar-refractivity contribution < 1.29 is 14.3 Å². The quantitative estimate of drug-likeness (QED) is 0.463. The molecule has 9 heteroatoms. The molecule has 1 aliphatic heterocycles. The number of methoxy groups -OCH3 is 1. The molecule has 32 heavy (non-hydrogen) atoms. The first kappa shape index (κ1) is 24.9. The highest BCUT2D eigenvalue weighted by Gasteiger charge is 2.24. The number of rotatable bonds is 6. The first-order valence-electron chi connectivity index (χ1n) is 10.4. The average molecular weight is 588 g/mol. The molecule has 0 aliphatic carbocycles. The van der Waals surface area contributed by atoms with Crippen LogP contribution in [-0.4, -0.2) is 50.0 Å². The van der Waals surface area contributed by atoms with Crippen molar-refractivity contribution in [1.29, 1.82) is 0 Å². The maximum atomic E-state index is 13.1. The topological polar surface area (TPSA) is 61.9 Å². The molecule has 0 aromatic heterocycles. The fourth-order valence-electron chi connectivity index (χ4n) is 3.69. The van der Waals surface area contributed by atoms with E-state index in [-0.39, 0.29) is 11.8 Å². The van der Waals surface area contributed by atoms with Gasteiger partial charge in [0.2, 0.25) is 5.91 Å². The van der Waals surface area contributed by atoms with Gasteiger partial charge in [0.1, 0.15) is 5.75 Å². The van der Waals surface area contributed by atoms with Crippen molar-refractivity contribution in [2.24, 2.45) is 5.92 Å². The van der Waals surface area contributed by atoms with Crippen LogP contribution in [0.4, 0.5) is 11.4 Å². The van der Waals surface area contributed by atoms with E-state index in [1.807, 2.05) is 17.0 Å². The van der Waals surface area contributed by atoms with Gasteiger partial charge in [-0.05, 0) is 52.2 Å². The number of carbonyl (C=O) groups excluding carboxylic acids is 2. The normalized spacial score (nSPS) is 14.0. The second-order valence-electron chi connectivity index (χ2n) is 8.05. The van der Waals surface area contributed by atoms with Gasteiger partial charge in [-0.3, -0.25) is 9.59 Å². The lowest BCUT2D eigenvalue weighted by molar-refractivity contribution is -0.132. The molecule has 0 spiro atoms. The first-order valence-corrected chi connectivity index (χ1v) is 12.3. The van der Waals surface area contributed by atoms with Gasteiger partial charge in [-0.2, -0.15) is 0 Å². The summed E-state index contributed by atoms with van der Waals surface area (Å²) in [6.07, 6.45) is 0.562. The standard InChI is InChI=1S/C23H26Br2ClN3O3/c1-14(2)10-21(30)29-8-6-28(7-9-29)20-5-4-16(26)13-19(20)27-23(31)17-11-15(24)12-18(25)22(17)32-3/h4-5,11-14H,6-10H2,1-3H3,(H,27,31). The van der Waals surface area contributed by atoms with E-state index in [2.05, 4.69) is 55.9 Å². The Balaban J connectivity index is 1.80. The molecule has 0 unspecified atom stereocenters. The predicted octanol–water partition coefficient (Wildman–Crippen LogP) is 5.82. The second-order valence-corrected chi connectivity index (χ2v) is 10.3. The summed E-state index contributed by atoms with van der Waals surface area (Å²) < 4.78 is 6.85. The van der Waals surface area contributed by atoms with E-state index in [1.165, 1.54) is 7.11 Å². The molecular formula is C23H26Br2ClN3O3. The van der Waals surface area contributed by atoms with Crippen molar-refractivity contribution in [2.75, 3.05) is 43.5 Å². The van der Waals surface area contributed by atoms with Gasteiger partial charge in [0.05, 0.1) is 28.5 Å². The molecule has 1 aliphatic rings. The molecule has 0 atom stereocenters. The van der Waals surface area contributed by atoms with Crippen molar-refractivity contribution >= 4 is 66.6 Å². The van der Waals surface area contributed by atoms with Gasteiger partial charge in [0.25, 0.3) is 5.91 Å². The minimum absolute atomic E-state index is 0.191. The maximum absolute atomic E-state index is 13.1. The van der Waals surface area contributed by atoms with Crippen LogP contribution >= 0.6 is 43.5 Å². The van der Waals surface area contributed by atoms with Crippen LogP contribution in [0.2, 0.25) is 5.02 Å². The summed E-state index contributed by atoms with van der Waals surface area (Å²) >= 11 is 13.1. The molecule has 6 nitrogen and oxygen atoms in total. The van der Waals surface area contributed by atoms with Crippen molar-refractivity contribution in [2.45, 2.75) is 20.3 Å². The van der Waals surface area contributed by atoms with Gasteiger partial charge in [-0.15, -0.1) is 0 Å². The van der Waals surface area contributed by atoms with E-state index in [0.717, 1.165) is 10.2 Å². The molecule has 2 amide bonds. The summed E-state index contributed by atoms with van der Waals surface area (Å²) in [5.74, 6) is 0.676. The van der Waals surface area contributed by atoms with Gasteiger partial charge in [-0.25, -0.2) is 0 Å². The van der Waals surface area contributed by atoms with Crippen LogP contribution in [0.15, 0.2) is 39.3 Å². The third-order valence-corrected chi connectivity index (χ3v) is 6.50. The predicted molar refractivity (Wildman–Crippen MR) is 136 cm³/mol. The maximum Gasteiger partial charge on any atom is 0.259 e. The van der Waals surface area contributed by atoms with Gasteiger partial charge in [0, 0.05) is 42.1 Å². The van der Waals surface area contributed by atoms with Gasteiger partial charge in [0.15, 0.2) is 0 Å². The molecule has 3 rings (SSSR count). The summed E-state index contributed by atoms with van der Waals surface area (Å²) in [7, 11) is 1.52. The Morgan fingerprint density at radius 3 is 2.44 bits per heavy atom. The number of amides is 2. The molecule has 1 N–H and O–H groups in total. The zero-order valence-corrected chi connectivity index (χ0v) is 22.2. The minimum atomic E-state index is -0.307. The first-order chi connectivity index (χ1) is 15.2. The summed E-state index contributed by atoms with van der Waals surface area (Å²) in [4.78, 5) is 29.6. The Bertz CT molecular complexity index is 1010. The molecule has 1 fully saturated rings. The molecule has 1 saturated heterocycles. The molecule has 2 aromatic rings. The van der Waals surface area contributed by atoms with Crippen LogP contribution in [0.1, 0.15) is 30.6 Å². The molecule has 2 aromatic carbocycles. The van der Waals surface area contributed by atoms with Crippen LogP contribution in [0, 0.1) is 5.92 Å². The van der Waals surface area contributed by atoms with E-state index in [1.54, 1.807) is 18.2 Å². The molecule has 0 radical (unpaired) electrons. The fraction of sp³-hybridized carbons (Fsp3) is 0.391. The van der Waals surface area contributed by atoms with Crippen LogP contribution in [0.3, 0.4) is 0 Å². The SMILES string of the molecule is COc1c(Br)cc(Br)cc1C(=O)Nc1cc(Cl)ccc1N1CCN(C(=O)CC(C)C)CC1. The molecular weight excluding hydrogens is 562 g/mol. The molecule has 1 heterocycles. The number of ether oxygens (including phenoxy) is 1. The monoisotopic (exact) mass is 585 g/mol. The lowest BCUT2D eigenvalue weighted by Crippen LogP contribution is -2.49. The number of benzene rings is 2. The third kappa shape index (κ3) is 5.97. The number of hydrogen-bond acceptors (Lipinski definition) is 4. The van der Waals surface area contributed by atoms with Crippen LogP contribution in [0.5, 0.6) is 5.75 Å². The summed E-state index contributed by atoms with van der Waals surface area (Å²) in [6.45, 7) is 6.76. The highest BCUT2D eigenvalue weighted by Crippen LogP contribution is 2.35. The average Bonchev–Trinajstić information content (AvgIpc) is 2.73. The van der Waals surface area contributed by atoms with Crippen LogP contribution in [0.25, 0.3) is 0 Å². The third-order valence-electron chi connectivity index (χ3n) is 5.22. The molecule has 172 valence electrons. The molecule has 0 saturated carbocycles. The fourth-order valence-corrected chi connectivity index (χ4v) is 5.24. The molecule has 0 bridgehead atoms. The lowest BCUT2D eigenvalue weighted by Gasteiger charge is -2.37. The van der Waals surface area contributed by atoms with E-state index < -0.39 is 0 Å². The number of piperazine rings is 1. The Morgan fingerprint density at radius 1 is 1.12 bits per heavy atom. The van der Waals surface area contributed by atoms with E-state index in [0.29, 0.717) is 65.0 Å². The van der Waals surface area contributed by atoms with Crippen molar-refractivity contribution in [1.82, 2.24) is 4.90 Å². The second kappa shape index (κ2) is 10.9. The zero-order valence-electron chi connectivity index (χ0n) is 18.3. The number of carbonyl (C=O) groups is 2. The van der Waals surface area contributed by atoms with E-state index in [9.17, 15) is 9.59 Å². The minimum Gasteiger partial charge on any atom is -0.495 e. The number of nitrogens with one attached hydrogen (secondary N) is 1. The Morgan fingerprint density at radius 2 is 1.81 bits per heavy atom. The van der Waals surface area contributed by atoms with E-state index in [4.69, 9.17) is 16.3 Å². The van der Waals surface area contributed by atoms with Crippen LogP contribution < -0.4 is 15.0 Å². The smallest absolute Gasteiger partial charge is 0.259 e. The van der Waals surface area contributed by atoms with Gasteiger partial charge in [-0.1, -0.05) is 41.4 Å². The van der Waals surface area contributed by atoms with E-state index >= 15 is 0 Å². The summed E-state index contributed by atoms with van der Waals surface area (Å²) in [5.41, 5.74) is 1.87. The number of halogens is 3.